The van der Waals surface area contributed by atoms with Crippen molar-refractivity contribution in [3.8, 4) is 6.07 Å². The number of halogens is 3. The fourth-order valence-corrected chi connectivity index (χ4v) is 5.68. The van der Waals surface area contributed by atoms with Crippen molar-refractivity contribution in [3.05, 3.63) is 86.5 Å². The maximum Gasteiger partial charge on any atom is 0.416 e. The Morgan fingerprint density at radius 1 is 1.14 bits per heavy atom. The molecule has 0 radical (unpaired) electrons. The second-order valence-corrected chi connectivity index (χ2v) is 11.3. The van der Waals surface area contributed by atoms with Crippen molar-refractivity contribution in [1.29, 1.82) is 5.26 Å². The van der Waals surface area contributed by atoms with E-state index in [1.165, 1.54) is 28.7 Å². The molecule has 1 aliphatic heterocycles. The van der Waals surface area contributed by atoms with E-state index in [1.807, 2.05) is 0 Å². The van der Waals surface area contributed by atoms with Gasteiger partial charge in [0.2, 0.25) is 5.95 Å². The van der Waals surface area contributed by atoms with E-state index >= 15 is 0 Å². The quantitative estimate of drug-likeness (QED) is 0.190. The van der Waals surface area contributed by atoms with Crippen LogP contribution in [0.4, 0.5) is 24.8 Å². The summed E-state index contributed by atoms with van der Waals surface area (Å²) >= 11 is 0. The first-order valence-corrected chi connectivity index (χ1v) is 14.1. The number of aryl methyl sites for hydroxylation is 1. The van der Waals surface area contributed by atoms with E-state index < -0.39 is 29.4 Å². The van der Waals surface area contributed by atoms with Crippen molar-refractivity contribution in [1.82, 2.24) is 14.8 Å². The number of aromatic nitrogens is 3. The number of nitrogens with one attached hydrogen (secondary N) is 1. The summed E-state index contributed by atoms with van der Waals surface area (Å²) in [4.78, 5) is 28.1. The van der Waals surface area contributed by atoms with Crippen LogP contribution in [-0.4, -0.2) is 73.2 Å². The smallest absolute Gasteiger partial charge is 0.416 e. The van der Waals surface area contributed by atoms with E-state index in [-0.39, 0.29) is 22.9 Å². The van der Waals surface area contributed by atoms with Gasteiger partial charge < -0.3 is 14.0 Å². The topological polar surface area (TPSA) is 113 Å². The third-order valence-electron chi connectivity index (χ3n) is 7.87. The van der Waals surface area contributed by atoms with Crippen LogP contribution in [0.2, 0.25) is 0 Å². The molecule has 1 atom stereocenters. The number of hydrogen-bond donors (Lipinski definition) is 1. The number of nitriles is 1. The van der Waals surface area contributed by atoms with Crippen LogP contribution in [0, 0.1) is 11.3 Å². The van der Waals surface area contributed by atoms with E-state index in [0.29, 0.717) is 24.2 Å². The van der Waals surface area contributed by atoms with Crippen molar-refractivity contribution in [2.75, 3.05) is 52.9 Å². The molecule has 0 amide bonds. The highest BCUT2D eigenvalue weighted by Crippen LogP contribution is 2.43. The number of aromatic amines is 1. The Morgan fingerprint density at radius 3 is 2.52 bits per heavy atom. The van der Waals surface area contributed by atoms with Gasteiger partial charge in [0.25, 0.3) is 0 Å². The molecular weight excluding hydrogens is 577 g/mol. The highest BCUT2D eigenvalue weighted by Gasteiger charge is 2.41. The number of esters is 1. The van der Waals surface area contributed by atoms with Crippen molar-refractivity contribution in [2.45, 2.75) is 38.4 Å². The molecule has 1 N–H and O–H groups in total. The number of alkyl halides is 3. The molecule has 0 unspecified atom stereocenters. The average Bonchev–Trinajstić information content (AvgIpc) is 3.36. The molecule has 0 bridgehead atoms. The Balaban J connectivity index is 1.84. The minimum Gasteiger partial charge on any atom is -0.466 e. The Bertz CT molecular complexity index is 1650. The van der Waals surface area contributed by atoms with Crippen LogP contribution in [0.1, 0.15) is 48.1 Å². The number of methoxy groups -OCH3 is 2. The Labute approximate surface area is 253 Å². The molecule has 0 spiro atoms. The maximum atomic E-state index is 13.6. The van der Waals surface area contributed by atoms with Gasteiger partial charge in [-0.15, -0.1) is 5.10 Å². The highest BCUT2D eigenvalue weighted by atomic mass is 19.4. The first kappa shape index (κ1) is 32.5. The lowest BCUT2D eigenvalue weighted by Crippen LogP contribution is -2.41. The second kappa shape index (κ2) is 13.1. The lowest BCUT2D eigenvalue weighted by Gasteiger charge is -2.36. The predicted octanol–water partition coefficient (Wildman–Crippen LogP) is 4.70. The van der Waals surface area contributed by atoms with Gasteiger partial charge in [-0.2, -0.15) is 18.4 Å². The third-order valence-corrected chi connectivity index (χ3v) is 7.87. The molecular formula is C31H36F3N6O4+. The van der Waals surface area contributed by atoms with Crippen LogP contribution < -0.4 is 10.6 Å². The fourth-order valence-electron chi connectivity index (χ4n) is 5.68. The van der Waals surface area contributed by atoms with Gasteiger partial charge in [0.1, 0.15) is 6.04 Å². The number of nitrogens with zero attached hydrogens (tertiary/aromatic N) is 5. The fraction of sp³-hybridized carbons (Fsp3) is 0.419. The van der Waals surface area contributed by atoms with Gasteiger partial charge in [-0.25, -0.2) is 19.3 Å². The molecule has 3 aromatic rings. The Morgan fingerprint density at radius 2 is 1.86 bits per heavy atom. The molecule has 1 aliphatic rings. The van der Waals surface area contributed by atoms with Crippen LogP contribution in [-0.2, 0) is 26.9 Å². The number of carbonyl (C=O) groups is 1. The molecule has 1 aromatic heterocycles. The van der Waals surface area contributed by atoms with Crippen molar-refractivity contribution in [3.63, 3.8) is 0 Å². The van der Waals surface area contributed by atoms with Crippen LogP contribution in [0.15, 0.2) is 58.5 Å². The van der Waals surface area contributed by atoms with Crippen molar-refractivity contribution >= 4 is 17.6 Å². The van der Waals surface area contributed by atoms with Gasteiger partial charge in [0.15, 0.2) is 0 Å². The number of H-pyrrole nitrogens is 1. The summed E-state index contributed by atoms with van der Waals surface area (Å²) in [5, 5.41) is 16.2. The molecule has 2 heterocycles. The van der Waals surface area contributed by atoms with E-state index in [9.17, 15) is 28.0 Å². The standard InChI is InChI=1S/C31H35F3N6O4/c1-20-26(28(41)44-5)27(25-13-12-21(19-35)17-22(25)9-7-14-40(2,3)15-8-16-43-4)39-29(36-37-30(39)42)38(20)24-11-6-10-23(18-24)31(32,33)34/h6,10-13,17-18,27H,7-9,14-16H2,1-5H3/p+1/t27-/m1/s1. The summed E-state index contributed by atoms with van der Waals surface area (Å²) in [6, 6.07) is 10.8. The van der Waals surface area contributed by atoms with E-state index in [1.54, 1.807) is 32.2 Å². The Kier molecular flexibility index (Phi) is 9.66. The zero-order chi connectivity index (χ0) is 32.2. The number of benzene rings is 2. The third kappa shape index (κ3) is 6.71. The van der Waals surface area contributed by atoms with Gasteiger partial charge in [-0.1, -0.05) is 12.1 Å². The molecule has 234 valence electrons. The first-order chi connectivity index (χ1) is 20.8. The van der Waals surface area contributed by atoms with Crippen molar-refractivity contribution in [2.24, 2.45) is 0 Å². The summed E-state index contributed by atoms with van der Waals surface area (Å²) < 4.78 is 53.2. The normalized spacial score (nSPS) is 15.2. The lowest BCUT2D eigenvalue weighted by atomic mass is 9.88. The van der Waals surface area contributed by atoms with Gasteiger partial charge in [-0.05, 0) is 54.8 Å². The summed E-state index contributed by atoms with van der Waals surface area (Å²) in [7, 11) is 7.13. The van der Waals surface area contributed by atoms with E-state index in [4.69, 9.17) is 9.47 Å². The Hall–Kier alpha value is -4.41. The molecule has 10 nitrogen and oxygen atoms in total. The number of fused-ring (bicyclic) bond motifs is 1. The lowest BCUT2D eigenvalue weighted by molar-refractivity contribution is -0.890. The van der Waals surface area contributed by atoms with E-state index in [2.05, 4.69) is 30.4 Å². The van der Waals surface area contributed by atoms with Gasteiger partial charge >= 0.3 is 17.8 Å². The average molecular weight is 614 g/mol. The van der Waals surface area contributed by atoms with Crippen LogP contribution in [0.5, 0.6) is 0 Å². The first-order valence-electron chi connectivity index (χ1n) is 14.1. The van der Waals surface area contributed by atoms with Crippen molar-refractivity contribution < 1.29 is 31.9 Å². The number of rotatable bonds is 11. The predicted molar refractivity (Wildman–Crippen MR) is 157 cm³/mol. The number of allylic oxidation sites excluding steroid dienone is 1. The van der Waals surface area contributed by atoms with Crippen LogP contribution in [0.25, 0.3) is 0 Å². The molecule has 4 rings (SSSR count). The number of hydrogen-bond acceptors (Lipinski definition) is 7. The molecule has 0 saturated carbocycles. The molecule has 13 heteroatoms. The zero-order valence-electron chi connectivity index (χ0n) is 25.4. The molecule has 0 saturated heterocycles. The minimum absolute atomic E-state index is 0.00994. The monoisotopic (exact) mass is 613 g/mol. The van der Waals surface area contributed by atoms with Gasteiger partial charge in [0, 0.05) is 31.3 Å². The number of anilines is 2. The summed E-state index contributed by atoms with van der Waals surface area (Å²) in [5.74, 6) is -0.745. The number of ether oxygens (including phenoxy) is 2. The summed E-state index contributed by atoms with van der Waals surface area (Å²) in [5.41, 5.74) is 0.564. The number of quaternary nitrogens is 1. The molecule has 0 fully saturated rings. The maximum absolute atomic E-state index is 13.6. The molecule has 2 aromatic carbocycles. The highest BCUT2D eigenvalue weighted by molar-refractivity contribution is 5.93. The molecule has 44 heavy (non-hydrogen) atoms. The van der Waals surface area contributed by atoms with Gasteiger partial charge in [-0.3, -0.25) is 4.90 Å². The van der Waals surface area contributed by atoms with E-state index in [0.717, 1.165) is 48.1 Å². The largest absolute Gasteiger partial charge is 0.466 e. The minimum atomic E-state index is -4.61. The number of carbonyl (C=O) groups excluding carboxylic acids is 1. The second-order valence-electron chi connectivity index (χ2n) is 11.3. The van der Waals surface area contributed by atoms with Gasteiger partial charge in [0.05, 0.1) is 63.7 Å². The SMILES string of the molecule is COCCC[N+](C)(C)CCCc1cc(C#N)ccc1[C@@H]1C(C(=O)OC)=C(C)N(c2cccc(C(F)(F)F)c2)c2n[nH]c(=O)n21. The molecule has 0 aliphatic carbocycles. The summed E-state index contributed by atoms with van der Waals surface area (Å²) in [6.07, 6.45) is -2.42. The summed E-state index contributed by atoms with van der Waals surface area (Å²) in [6.45, 7) is 3.98. The van der Waals surface area contributed by atoms with Crippen LogP contribution in [0.3, 0.4) is 0 Å². The van der Waals surface area contributed by atoms with Crippen LogP contribution >= 0.6 is 0 Å². The zero-order valence-corrected chi connectivity index (χ0v) is 25.4.